The van der Waals surface area contributed by atoms with E-state index in [-0.39, 0.29) is 37.0 Å². The topological polar surface area (TPSA) is 195 Å². The molecule has 4 amide bonds. The number of halogens is 2. The molecule has 0 unspecified atom stereocenters. The van der Waals surface area contributed by atoms with Gasteiger partial charge >= 0.3 is 12.0 Å². The van der Waals surface area contributed by atoms with E-state index in [1.807, 2.05) is 0 Å². The number of para-hydroxylation sites is 2. The lowest BCUT2D eigenvalue weighted by atomic mass is 9.85. The molecular formula is C38H46F2N6O9S. The number of allylic oxidation sites excluding steroid dienone is 1. The standard InChI is InChI=1S/C38H46F2N6O9S/c1-5-21-19-37(21,34(49)45-56(51,52)23-14-15-23)44-31(47)26-18-22-20-46(26)33(48)30(36(2,3)4)43-35(50)55-28-13-8-12-27(28)53-17-9-16-38(39,40)29-32(54-22)42-25-11-7-6-10-24(25)41-29/h5-7,9-11,16,21-23,26-28,30H,1,8,12-15,17-20H2,2-4H3,(H,43,50)(H,44,47)(H,45,49)/b16-9+/t21-,22-,26+,27-,28-,30-,37-/m1/s1. The summed E-state index contributed by atoms with van der Waals surface area (Å²) < 4.78 is 77.4. The van der Waals surface area contributed by atoms with Crippen LogP contribution < -0.4 is 20.1 Å². The summed E-state index contributed by atoms with van der Waals surface area (Å²) in [7, 11) is -3.98. The molecule has 302 valence electrons. The smallest absolute Gasteiger partial charge is 0.408 e. The van der Waals surface area contributed by atoms with Gasteiger partial charge in [0.25, 0.3) is 5.91 Å². The third-order valence-electron chi connectivity index (χ3n) is 11.0. The Morgan fingerprint density at radius 2 is 1.75 bits per heavy atom. The predicted molar refractivity (Wildman–Crippen MR) is 197 cm³/mol. The van der Waals surface area contributed by atoms with Gasteiger partial charge in [0, 0.05) is 12.3 Å². The number of rotatable bonds is 6. The first-order valence-electron chi connectivity index (χ1n) is 18.8. The van der Waals surface area contributed by atoms with Gasteiger partial charge in [-0.1, -0.05) is 45.1 Å². The summed E-state index contributed by atoms with van der Waals surface area (Å²) in [5, 5.41) is 4.68. The number of sulfonamides is 1. The molecule has 7 rings (SSSR count). The summed E-state index contributed by atoms with van der Waals surface area (Å²) in [5.41, 5.74) is -2.95. The van der Waals surface area contributed by atoms with Gasteiger partial charge in [-0.25, -0.2) is 23.2 Å². The number of hydrogen-bond acceptors (Lipinski definition) is 11. The fraction of sp³-hybridized carbons (Fsp3) is 0.579. The lowest BCUT2D eigenvalue weighted by Crippen LogP contribution is -2.60. The maximum Gasteiger partial charge on any atom is 0.408 e. The number of amides is 4. The summed E-state index contributed by atoms with van der Waals surface area (Å²) in [5.74, 6) is -7.29. The fourth-order valence-corrected chi connectivity index (χ4v) is 8.97. The molecule has 1 saturated heterocycles. The Bertz CT molecular complexity index is 2070. The molecule has 3 aliphatic carbocycles. The number of hydrogen-bond donors (Lipinski definition) is 3. The van der Waals surface area contributed by atoms with E-state index >= 15 is 8.78 Å². The van der Waals surface area contributed by atoms with E-state index in [9.17, 15) is 27.6 Å². The van der Waals surface area contributed by atoms with Crippen LogP contribution in [-0.4, -0.2) is 101 Å². The number of carbonyl (C=O) groups is 4. The highest BCUT2D eigenvalue weighted by Gasteiger charge is 2.62. The number of alkyl halides is 2. The second-order valence-electron chi connectivity index (χ2n) is 16.2. The van der Waals surface area contributed by atoms with E-state index in [1.54, 1.807) is 39.0 Å². The molecule has 3 N–H and O–H groups in total. The highest BCUT2D eigenvalue weighted by molar-refractivity contribution is 7.91. The number of alkyl carbamates (subject to hydrolysis) is 1. The van der Waals surface area contributed by atoms with Crippen LogP contribution in [0.4, 0.5) is 13.6 Å². The first-order valence-corrected chi connectivity index (χ1v) is 20.4. The molecule has 56 heavy (non-hydrogen) atoms. The number of nitrogens with zero attached hydrogens (tertiary/aromatic N) is 3. The van der Waals surface area contributed by atoms with Crippen molar-refractivity contribution in [3.63, 3.8) is 0 Å². The Morgan fingerprint density at radius 1 is 1.05 bits per heavy atom. The van der Waals surface area contributed by atoms with Gasteiger partial charge in [-0.3, -0.25) is 19.1 Å². The van der Waals surface area contributed by atoms with Gasteiger partial charge in [0.05, 0.1) is 35.5 Å². The molecule has 0 radical (unpaired) electrons. The van der Waals surface area contributed by atoms with Gasteiger partial charge in [-0.2, -0.15) is 8.78 Å². The van der Waals surface area contributed by atoms with Crippen LogP contribution in [0.2, 0.25) is 0 Å². The molecule has 5 aliphatic rings. The van der Waals surface area contributed by atoms with E-state index in [4.69, 9.17) is 14.2 Å². The number of aromatic nitrogens is 2. The largest absolute Gasteiger partial charge is 0.471 e. The predicted octanol–water partition coefficient (Wildman–Crippen LogP) is 3.39. The second kappa shape index (κ2) is 14.7. The molecule has 2 aliphatic heterocycles. The van der Waals surface area contributed by atoms with Crippen molar-refractivity contribution in [1.29, 1.82) is 0 Å². The summed E-state index contributed by atoms with van der Waals surface area (Å²) in [6.45, 7) is 8.35. The summed E-state index contributed by atoms with van der Waals surface area (Å²) in [4.78, 5) is 65.7. The van der Waals surface area contributed by atoms with E-state index < -0.39 is 104 Å². The zero-order valence-electron chi connectivity index (χ0n) is 31.3. The van der Waals surface area contributed by atoms with Crippen molar-refractivity contribution in [2.24, 2.45) is 11.3 Å². The van der Waals surface area contributed by atoms with Crippen LogP contribution in [0.1, 0.15) is 71.4 Å². The normalized spacial score (nSPS) is 31.3. The average Bonchev–Trinajstić information content (AvgIpc) is 4.03. The zero-order chi connectivity index (χ0) is 40.2. The average molecular weight is 801 g/mol. The van der Waals surface area contributed by atoms with Crippen LogP contribution >= 0.6 is 0 Å². The number of nitrogens with one attached hydrogen (secondary N) is 3. The molecule has 3 heterocycles. The minimum atomic E-state index is -3.98. The Hall–Kier alpha value is -4.71. The number of ether oxygens (including phenoxy) is 3. The molecule has 15 nitrogen and oxygen atoms in total. The summed E-state index contributed by atoms with van der Waals surface area (Å²) in [6, 6.07) is 3.79. The Labute approximate surface area is 323 Å². The van der Waals surface area contributed by atoms with E-state index in [1.165, 1.54) is 17.0 Å². The number of carbonyl (C=O) groups excluding carboxylic acids is 4. The third-order valence-corrected chi connectivity index (χ3v) is 12.8. The van der Waals surface area contributed by atoms with E-state index in [0.717, 1.165) is 6.08 Å². The maximum absolute atomic E-state index is 16.1. The fourth-order valence-electron chi connectivity index (χ4n) is 7.61. The van der Waals surface area contributed by atoms with Crippen molar-refractivity contribution in [2.75, 3.05) is 13.2 Å². The molecule has 4 fully saturated rings. The molecule has 0 spiro atoms. The molecule has 7 atom stereocenters. The van der Waals surface area contributed by atoms with Crippen molar-refractivity contribution in [3.05, 3.63) is 54.8 Å². The van der Waals surface area contributed by atoms with Crippen LogP contribution in [0, 0.1) is 11.3 Å². The molecule has 3 saturated carbocycles. The number of fused-ring (bicyclic) bond motifs is 5. The minimum absolute atomic E-state index is 0.0530. The van der Waals surface area contributed by atoms with Crippen LogP contribution in [0.5, 0.6) is 5.88 Å². The molecule has 2 bridgehead atoms. The third kappa shape index (κ3) is 7.94. The summed E-state index contributed by atoms with van der Waals surface area (Å²) >= 11 is 0. The monoisotopic (exact) mass is 800 g/mol. The second-order valence-corrected chi connectivity index (χ2v) is 18.2. The Kier molecular flexibility index (Phi) is 10.3. The van der Waals surface area contributed by atoms with Gasteiger partial charge in [-0.05, 0) is 62.1 Å². The first-order chi connectivity index (χ1) is 26.4. The van der Waals surface area contributed by atoms with Gasteiger partial charge < -0.3 is 29.7 Å². The summed E-state index contributed by atoms with van der Waals surface area (Å²) in [6.07, 6.45) is 2.18. The highest BCUT2D eigenvalue weighted by Crippen LogP contribution is 2.46. The quantitative estimate of drug-likeness (QED) is 0.363. The van der Waals surface area contributed by atoms with Crippen molar-refractivity contribution < 1.29 is 50.6 Å². The van der Waals surface area contributed by atoms with Crippen molar-refractivity contribution in [2.45, 2.75) is 113 Å². The van der Waals surface area contributed by atoms with Crippen LogP contribution in [0.3, 0.4) is 0 Å². The minimum Gasteiger partial charge on any atom is -0.471 e. The number of benzene rings is 1. The van der Waals surface area contributed by atoms with Gasteiger partial charge in [0.2, 0.25) is 27.7 Å². The maximum atomic E-state index is 16.1. The SMILES string of the molecule is C=C[C@@H]1C[C@]1(NC(=O)[C@@H]1C[C@@H]2CN1C(=O)[C@H](C(C)(C)C)NC(=O)O[C@@H]1CCC[C@H]1OC/C=C/C(F)(F)c1nc3ccccc3nc1O2)C(=O)NS(=O)(=O)C1CC1. The molecule has 1 aromatic carbocycles. The van der Waals surface area contributed by atoms with Gasteiger partial charge in [0.1, 0.15) is 29.8 Å². The first kappa shape index (κ1) is 39.5. The van der Waals surface area contributed by atoms with E-state index in [0.29, 0.717) is 38.2 Å². The lowest BCUT2D eigenvalue weighted by Gasteiger charge is -2.35. The van der Waals surface area contributed by atoms with Crippen LogP contribution in [0.15, 0.2) is 49.1 Å². The van der Waals surface area contributed by atoms with Gasteiger partial charge in [0.15, 0.2) is 5.69 Å². The van der Waals surface area contributed by atoms with E-state index in [2.05, 4.69) is 31.9 Å². The molecule has 2 aromatic rings. The van der Waals surface area contributed by atoms with Crippen molar-refractivity contribution in [1.82, 2.24) is 30.2 Å². The molecule has 18 heteroatoms. The van der Waals surface area contributed by atoms with Crippen molar-refractivity contribution in [3.8, 4) is 5.88 Å². The van der Waals surface area contributed by atoms with Crippen molar-refractivity contribution >= 4 is 44.9 Å². The molecular weight excluding hydrogens is 755 g/mol. The van der Waals surface area contributed by atoms with Crippen LogP contribution in [0.25, 0.3) is 11.0 Å². The Morgan fingerprint density at radius 3 is 2.41 bits per heavy atom. The molecule has 1 aromatic heterocycles. The van der Waals surface area contributed by atoms with Gasteiger partial charge in [-0.15, -0.1) is 6.58 Å². The lowest BCUT2D eigenvalue weighted by molar-refractivity contribution is -0.143. The highest BCUT2D eigenvalue weighted by atomic mass is 32.2. The van der Waals surface area contributed by atoms with Crippen LogP contribution in [-0.2, 0) is 39.8 Å². The zero-order valence-corrected chi connectivity index (χ0v) is 32.2. The Balaban J connectivity index is 1.26.